The van der Waals surface area contributed by atoms with Crippen LogP contribution in [0.1, 0.15) is 81.9 Å². The zero-order chi connectivity index (χ0) is 47.2. The Hall–Kier alpha value is -1.55. The van der Waals surface area contributed by atoms with Gasteiger partial charge in [0.25, 0.3) is 0 Å². The summed E-state index contributed by atoms with van der Waals surface area (Å²) in [6.45, 7) is 17.7. The Kier molecular flexibility index (Phi) is 30.1. The molecule has 0 aromatic heterocycles. The second kappa shape index (κ2) is 29.9. The molecular weight excluding hydrogens is 985 g/mol. The summed E-state index contributed by atoms with van der Waals surface area (Å²) >= 11 is 6.62. The number of aliphatic hydroxyl groups is 1. The first kappa shape index (κ1) is 62.5. The predicted octanol–water partition coefficient (Wildman–Crippen LogP) is 8.04. The van der Waals surface area contributed by atoms with Gasteiger partial charge in [0.15, 0.2) is 0 Å². The van der Waals surface area contributed by atoms with Crippen LogP contribution in [0.5, 0.6) is 17.2 Å². The monoisotopic (exact) mass is 1050 g/mol. The summed E-state index contributed by atoms with van der Waals surface area (Å²) in [6.07, 6.45) is 0. The van der Waals surface area contributed by atoms with Crippen molar-refractivity contribution < 1.29 is 72.5 Å². The summed E-state index contributed by atoms with van der Waals surface area (Å²) in [4.78, 5) is 9.44. The number of hydrogen-bond acceptors (Lipinski definition) is 15. The molecule has 0 fully saturated rings. The standard InChI is InChI=1S/C13H20O5Si.C10H11BrO2.C7H7BrO2.C5H12O.C4H12O4Si.C3H6O.Mg.2H/c1-13(2)17-9-10-8-11(6-7-12(10)18-13)19(14-3,15-4)16-5;1-10(2)12-6-7-5-8(11)3-4-9(7)13-10;8-6-1-2-7(10)5(3-6)4-9;1-5(2,3)6-4;1-5-9(6-2,7-3)8-4;1-3(2)4;;;/h6-8H,9H2,1-5H3;3-5H,6H2,1-2H3;1-3,9-10H,4H2;1-4H3;1-4H3;1-2H3;;;/q;;;;;;+2;2*-1. The van der Waals surface area contributed by atoms with E-state index in [0.29, 0.717) is 18.8 Å². The number of ketones is 1. The summed E-state index contributed by atoms with van der Waals surface area (Å²) < 4.78 is 65.2. The summed E-state index contributed by atoms with van der Waals surface area (Å²) in [5, 5.41) is 18.6. The maximum absolute atomic E-state index is 9.44. The molecule has 0 atom stereocenters. The van der Waals surface area contributed by atoms with E-state index >= 15 is 0 Å². The van der Waals surface area contributed by atoms with E-state index < -0.39 is 29.4 Å². The Bertz CT molecular complexity index is 1720. The molecule has 3 aromatic rings. The van der Waals surface area contributed by atoms with Crippen molar-refractivity contribution >= 4 is 83.7 Å². The summed E-state index contributed by atoms with van der Waals surface area (Å²) in [5.41, 5.74) is 2.64. The first-order valence-corrected chi connectivity index (χ1v) is 23.8. The minimum absolute atomic E-state index is 0. The molecule has 5 rings (SSSR count). The first-order valence-electron chi connectivity index (χ1n) is 18.8. The molecule has 0 saturated heterocycles. The van der Waals surface area contributed by atoms with Crippen LogP contribution in [0.15, 0.2) is 63.5 Å². The number of ether oxygens (including phenoxy) is 5. The fraction of sp³-hybridized carbons (Fsp3) is 0.548. The molecule has 0 spiro atoms. The van der Waals surface area contributed by atoms with E-state index in [9.17, 15) is 4.79 Å². The smallest absolute Gasteiger partial charge is 1.00 e. The maximum atomic E-state index is 9.44. The number of methoxy groups -OCH3 is 1. The predicted molar refractivity (Wildman–Crippen MR) is 253 cm³/mol. The third-order valence-electron chi connectivity index (χ3n) is 7.93. The van der Waals surface area contributed by atoms with Crippen molar-refractivity contribution in [3.8, 4) is 17.2 Å². The van der Waals surface area contributed by atoms with Crippen LogP contribution >= 0.6 is 31.9 Å². The van der Waals surface area contributed by atoms with Crippen LogP contribution in [0.25, 0.3) is 0 Å². The SMILES string of the molecule is CC(C)=O.CC1(C)OCc2cc(Br)ccc2O1.COC(C)(C)C.CO[Si](OC)(OC)OC.CO[Si](OC)(OC)c1ccc2c(c1)COC(C)(C)O2.OCc1cc(Br)ccc1O.[H-].[H-].[Mg+2]. The largest absolute Gasteiger partial charge is 2.00 e. The Morgan fingerprint density at radius 2 is 1.06 bits per heavy atom. The molecule has 2 aliphatic rings. The number of benzene rings is 3. The third-order valence-corrected chi connectivity index (χ3v) is 13.5. The summed E-state index contributed by atoms with van der Waals surface area (Å²) in [6, 6.07) is 16.7. The molecule has 0 aliphatic carbocycles. The molecule has 2 N–H and O–H groups in total. The molecule has 20 heteroatoms. The van der Waals surface area contributed by atoms with Gasteiger partial charge in [0, 0.05) is 115 Å². The number of carbonyl (C=O) groups excluding carboxylic acids is 1. The maximum Gasteiger partial charge on any atom is 2.00 e. The van der Waals surface area contributed by atoms with Gasteiger partial charge in [-0.3, -0.25) is 0 Å². The average molecular weight is 1060 g/mol. The van der Waals surface area contributed by atoms with Crippen molar-refractivity contribution in [1.82, 2.24) is 0 Å². The Morgan fingerprint density at radius 1 is 0.694 bits per heavy atom. The number of phenols is 1. The fourth-order valence-corrected chi connectivity index (χ4v) is 8.28. The van der Waals surface area contributed by atoms with Gasteiger partial charge in [0.1, 0.15) is 23.0 Å². The summed E-state index contributed by atoms with van der Waals surface area (Å²) in [5.74, 6) is 0.949. The molecule has 0 unspecified atom stereocenters. The number of halogens is 2. The number of Topliss-reactive ketones (excluding diaryl/α,β-unsaturated/α-hetero) is 1. The zero-order valence-electron chi connectivity index (χ0n) is 41.5. The molecule has 62 heavy (non-hydrogen) atoms. The molecular formula is C42H70Br2MgO15Si2. The van der Waals surface area contributed by atoms with Crippen LogP contribution in [0, 0.1) is 0 Å². The van der Waals surface area contributed by atoms with Crippen molar-refractivity contribution in [3.05, 3.63) is 80.2 Å². The summed E-state index contributed by atoms with van der Waals surface area (Å²) in [7, 11) is 6.95. The van der Waals surface area contributed by atoms with Gasteiger partial charge in [0.05, 0.1) is 25.4 Å². The fourth-order valence-electron chi connectivity index (χ4n) is 4.62. The van der Waals surface area contributed by atoms with Crippen LogP contribution in [0.4, 0.5) is 0 Å². The van der Waals surface area contributed by atoms with Crippen molar-refractivity contribution in [1.29, 1.82) is 0 Å². The van der Waals surface area contributed by atoms with Crippen molar-refractivity contribution in [2.45, 2.75) is 99.3 Å². The van der Waals surface area contributed by atoms with Crippen LogP contribution in [-0.2, 0) is 69.8 Å². The normalized spacial score (nSPS) is 14.3. The Labute approximate surface area is 407 Å². The number of aliphatic hydroxyl groups excluding tert-OH is 1. The topological polar surface area (TPSA) is 168 Å². The second-order valence-electron chi connectivity index (χ2n) is 14.8. The second-order valence-corrected chi connectivity index (χ2v) is 22.2. The molecule has 3 aromatic carbocycles. The minimum atomic E-state index is -2.80. The number of hydrogen-bond donors (Lipinski definition) is 2. The molecule has 352 valence electrons. The van der Waals surface area contributed by atoms with E-state index in [1.807, 2.05) is 84.9 Å². The third kappa shape index (κ3) is 23.1. The van der Waals surface area contributed by atoms with E-state index in [4.69, 9.17) is 64.9 Å². The number of fused-ring (bicyclic) bond motifs is 2. The van der Waals surface area contributed by atoms with Crippen LogP contribution in [0.2, 0.25) is 0 Å². The van der Waals surface area contributed by atoms with E-state index in [0.717, 1.165) is 36.8 Å². The van der Waals surface area contributed by atoms with Gasteiger partial charge in [-0.25, -0.2) is 0 Å². The van der Waals surface area contributed by atoms with E-state index in [1.165, 1.54) is 48.4 Å². The van der Waals surface area contributed by atoms with Crippen molar-refractivity contribution in [2.24, 2.45) is 0 Å². The van der Waals surface area contributed by atoms with Crippen LogP contribution in [-0.4, -0.2) is 131 Å². The van der Waals surface area contributed by atoms with Crippen molar-refractivity contribution in [3.63, 3.8) is 0 Å². The Morgan fingerprint density at radius 3 is 1.40 bits per heavy atom. The number of rotatable bonds is 9. The molecule has 2 aliphatic heterocycles. The molecule has 0 bridgehead atoms. The van der Waals surface area contributed by atoms with Gasteiger partial charge in [-0.15, -0.1) is 0 Å². The van der Waals surface area contributed by atoms with Gasteiger partial charge < -0.3 is 72.5 Å². The first-order chi connectivity index (χ1) is 28.3. The van der Waals surface area contributed by atoms with Gasteiger partial charge in [0.2, 0.25) is 11.6 Å². The Balaban J connectivity index is -0.000000356. The van der Waals surface area contributed by atoms with Gasteiger partial charge >= 0.3 is 40.9 Å². The minimum Gasteiger partial charge on any atom is -1.00 e. The van der Waals surface area contributed by atoms with Crippen molar-refractivity contribution in [2.75, 3.05) is 56.9 Å². The van der Waals surface area contributed by atoms with Gasteiger partial charge in [-0.2, -0.15) is 0 Å². The van der Waals surface area contributed by atoms with Gasteiger partial charge in [-0.05, 0) is 83.1 Å². The number of aromatic hydroxyl groups is 1. The number of carbonyl (C=O) groups is 1. The molecule has 0 radical (unpaired) electrons. The van der Waals surface area contributed by atoms with Crippen LogP contribution in [0.3, 0.4) is 0 Å². The quantitative estimate of drug-likeness (QED) is 0.198. The van der Waals surface area contributed by atoms with E-state index in [-0.39, 0.29) is 49.6 Å². The van der Waals surface area contributed by atoms with E-state index in [1.54, 1.807) is 40.6 Å². The zero-order valence-corrected chi connectivity index (χ0v) is 46.1. The molecule has 2 heterocycles. The molecule has 0 saturated carbocycles. The molecule has 15 nitrogen and oxygen atoms in total. The molecule has 0 amide bonds. The average Bonchev–Trinajstić information content (AvgIpc) is 3.21. The van der Waals surface area contributed by atoms with Crippen LogP contribution < -0.4 is 14.7 Å². The van der Waals surface area contributed by atoms with Gasteiger partial charge in [-0.1, -0.05) is 37.9 Å². The van der Waals surface area contributed by atoms with E-state index in [2.05, 4.69) is 31.9 Å².